The number of carboxylic acid groups (broad SMARTS) is 1. The largest absolute Gasteiger partial charge is 0.480 e. The van der Waals surface area contributed by atoms with Crippen LogP contribution in [-0.4, -0.2) is 33.8 Å². The number of halogens is 4. The molecule has 0 radical (unpaired) electrons. The number of nitrogens with zero attached hydrogens (tertiary/aromatic N) is 1. The van der Waals surface area contributed by atoms with E-state index in [4.69, 9.17) is 0 Å². The summed E-state index contributed by atoms with van der Waals surface area (Å²) in [5.41, 5.74) is 0.318. The fourth-order valence-electron chi connectivity index (χ4n) is 2.45. The van der Waals surface area contributed by atoms with E-state index in [1.54, 1.807) is 6.92 Å². The average molecular weight is 577 g/mol. The molecule has 0 aromatic heterocycles. The number of hydrogen-bond acceptors (Lipinski definition) is 3. The number of benzene rings is 1. The van der Waals surface area contributed by atoms with Gasteiger partial charge in [-0.2, -0.15) is 0 Å². The SMILES string of the molecule is CC[C@@H](C)[C@H](C(=O)O)N1C(=O)c2c(Br)c(Br)c(Br)c(Br)c2C1=O. The van der Waals surface area contributed by atoms with Crippen molar-refractivity contribution in [3.8, 4) is 0 Å². The molecule has 1 aliphatic rings. The molecule has 0 bridgehead atoms. The van der Waals surface area contributed by atoms with E-state index in [0.29, 0.717) is 24.3 Å². The first-order valence-corrected chi connectivity index (χ1v) is 9.78. The summed E-state index contributed by atoms with van der Waals surface area (Å²) >= 11 is 13.3. The molecule has 1 heterocycles. The minimum absolute atomic E-state index is 0.159. The highest BCUT2D eigenvalue weighted by Gasteiger charge is 2.47. The van der Waals surface area contributed by atoms with E-state index < -0.39 is 23.8 Å². The van der Waals surface area contributed by atoms with Crippen LogP contribution in [0.4, 0.5) is 0 Å². The zero-order chi connectivity index (χ0) is 17.6. The molecule has 2 rings (SSSR count). The molecule has 23 heavy (non-hydrogen) atoms. The second-order valence-corrected chi connectivity index (χ2v) is 8.33. The summed E-state index contributed by atoms with van der Waals surface area (Å²) in [6.45, 7) is 3.52. The molecule has 0 fully saturated rings. The zero-order valence-electron chi connectivity index (χ0n) is 12.0. The van der Waals surface area contributed by atoms with Crippen molar-refractivity contribution in [2.75, 3.05) is 0 Å². The van der Waals surface area contributed by atoms with Crippen LogP contribution in [0.2, 0.25) is 0 Å². The molecular weight excluding hydrogens is 566 g/mol. The highest BCUT2D eigenvalue weighted by Crippen LogP contribution is 2.46. The summed E-state index contributed by atoms with van der Waals surface area (Å²) in [5, 5.41) is 9.51. The lowest BCUT2D eigenvalue weighted by molar-refractivity contribution is -0.143. The molecule has 0 aliphatic carbocycles. The van der Waals surface area contributed by atoms with E-state index in [-0.39, 0.29) is 17.0 Å². The van der Waals surface area contributed by atoms with Gasteiger partial charge in [0.05, 0.1) is 11.1 Å². The molecule has 124 valence electrons. The van der Waals surface area contributed by atoms with Crippen LogP contribution in [0.15, 0.2) is 17.9 Å². The van der Waals surface area contributed by atoms with Gasteiger partial charge in [-0.3, -0.25) is 14.5 Å². The Kier molecular flexibility index (Phi) is 5.75. The van der Waals surface area contributed by atoms with Crippen molar-refractivity contribution in [1.82, 2.24) is 4.90 Å². The van der Waals surface area contributed by atoms with Crippen molar-refractivity contribution in [3.63, 3.8) is 0 Å². The topological polar surface area (TPSA) is 74.7 Å². The maximum atomic E-state index is 12.8. The van der Waals surface area contributed by atoms with Crippen LogP contribution in [0.5, 0.6) is 0 Å². The van der Waals surface area contributed by atoms with Crippen LogP contribution < -0.4 is 0 Å². The Bertz CT molecular complexity index is 687. The van der Waals surface area contributed by atoms with E-state index in [0.717, 1.165) is 4.90 Å². The standard InChI is InChI=1S/C14H11Br4NO4/c1-3-4(2)11(14(22)23)19-12(20)5-6(13(19)21)8(16)10(18)9(17)7(5)15/h4,11H,3H2,1-2H3,(H,22,23)/t4-,11-/m1/s1. The predicted octanol–water partition coefficient (Wildman–Crippen LogP) is 4.83. The third-order valence-electron chi connectivity index (χ3n) is 3.85. The van der Waals surface area contributed by atoms with Crippen LogP contribution in [0, 0.1) is 5.92 Å². The van der Waals surface area contributed by atoms with E-state index in [1.807, 2.05) is 6.92 Å². The molecule has 1 aliphatic heterocycles. The Balaban J connectivity index is 2.69. The fourth-order valence-corrected chi connectivity index (χ4v) is 4.91. The molecule has 1 N–H and O–H groups in total. The number of aliphatic carboxylic acids is 1. The van der Waals surface area contributed by atoms with E-state index in [9.17, 15) is 19.5 Å². The van der Waals surface area contributed by atoms with Gasteiger partial charge >= 0.3 is 5.97 Å². The molecule has 0 saturated carbocycles. The second kappa shape index (κ2) is 6.93. The highest BCUT2D eigenvalue weighted by molar-refractivity contribution is 9.15. The molecule has 5 nitrogen and oxygen atoms in total. The summed E-state index contributed by atoms with van der Waals surface area (Å²) in [5.74, 6) is -2.78. The number of hydrogen-bond donors (Lipinski definition) is 1. The van der Waals surface area contributed by atoms with E-state index in [1.165, 1.54) is 0 Å². The Hall–Kier alpha value is -0.250. The Morgan fingerprint density at radius 2 is 1.39 bits per heavy atom. The average Bonchev–Trinajstić information content (AvgIpc) is 2.75. The maximum Gasteiger partial charge on any atom is 0.327 e. The minimum Gasteiger partial charge on any atom is -0.480 e. The molecule has 9 heteroatoms. The van der Waals surface area contributed by atoms with Crippen molar-refractivity contribution in [2.24, 2.45) is 5.92 Å². The summed E-state index contributed by atoms with van der Waals surface area (Å²) in [4.78, 5) is 38.0. The molecule has 2 amide bonds. The van der Waals surface area contributed by atoms with Gasteiger partial charge in [-0.15, -0.1) is 0 Å². The predicted molar refractivity (Wildman–Crippen MR) is 98.6 cm³/mol. The Morgan fingerprint density at radius 1 is 1.00 bits per heavy atom. The van der Waals surface area contributed by atoms with Gasteiger partial charge in [0, 0.05) is 17.9 Å². The number of carbonyl (C=O) groups is 3. The van der Waals surface area contributed by atoms with Crippen molar-refractivity contribution in [1.29, 1.82) is 0 Å². The van der Waals surface area contributed by atoms with Gasteiger partial charge in [-0.25, -0.2) is 4.79 Å². The molecule has 1 aromatic carbocycles. The molecule has 0 spiro atoms. The lowest BCUT2D eigenvalue weighted by Crippen LogP contribution is -2.48. The van der Waals surface area contributed by atoms with Crippen LogP contribution >= 0.6 is 63.7 Å². The first-order valence-electron chi connectivity index (χ1n) is 6.61. The van der Waals surface area contributed by atoms with Crippen LogP contribution in [0.25, 0.3) is 0 Å². The second-order valence-electron chi connectivity index (χ2n) is 5.15. The summed E-state index contributed by atoms with van der Waals surface area (Å²) in [6.07, 6.45) is 0.528. The third kappa shape index (κ3) is 2.94. The number of imide groups is 1. The van der Waals surface area contributed by atoms with Gasteiger partial charge in [-0.1, -0.05) is 20.3 Å². The van der Waals surface area contributed by atoms with E-state index >= 15 is 0 Å². The maximum absolute atomic E-state index is 12.8. The third-order valence-corrected chi connectivity index (χ3v) is 8.61. The highest BCUT2D eigenvalue weighted by atomic mass is 79.9. The number of carbonyl (C=O) groups excluding carboxylic acids is 2. The molecular formula is C14H11Br4NO4. The van der Waals surface area contributed by atoms with E-state index in [2.05, 4.69) is 63.7 Å². The van der Waals surface area contributed by atoms with Crippen LogP contribution in [0.3, 0.4) is 0 Å². The summed E-state index contributed by atoms with van der Waals surface area (Å²) in [7, 11) is 0. The molecule has 1 aromatic rings. The monoisotopic (exact) mass is 573 g/mol. The summed E-state index contributed by atoms with van der Waals surface area (Å²) in [6, 6.07) is -1.20. The number of fused-ring (bicyclic) bond motifs is 1. The molecule has 2 atom stereocenters. The zero-order valence-corrected chi connectivity index (χ0v) is 18.3. The lowest BCUT2D eigenvalue weighted by atomic mass is 9.98. The Labute approximate surface area is 166 Å². The van der Waals surface area contributed by atoms with Gasteiger partial charge in [0.2, 0.25) is 0 Å². The van der Waals surface area contributed by atoms with Crippen LogP contribution in [-0.2, 0) is 4.79 Å². The molecule has 0 saturated heterocycles. The summed E-state index contributed by atoms with van der Waals surface area (Å²) < 4.78 is 1.97. The van der Waals surface area contributed by atoms with Crippen molar-refractivity contribution in [2.45, 2.75) is 26.3 Å². The normalized spacial score (nSPS) is 16.5. The van der Waals surface area contributed by atoms with Gasteiger partial charge in [0.25, 0.3) is 11.8 Å². The van der Waals surface area contributed by atoms with Crippen molar-refractivity contribution < 1.29 is 19.5 Å². The smallest absolute Gasteiger partial charge is 0.327 e. The number of amides is 2. The first-order chi connectivity index (χ1) is 10.6. The minimum atomic E-state index is -1.20. The number of carboxylic acids is 1. The lowest BCUT2D eigenvalue weighted by Gasteiger charge is -2.27. The van der Waals surface area contributed by atoms with Gasteiger partial charge in [0.15, 0.2) is 0 Å². The quantitative estimate of drug-likeness (QED) is 0.317. The molecule has 0 unspecified atom stereocenters. The van der Waals surface area contributed by atoms with Crippen molar-refractivity contribution >= 4 is 81.5 Å². The van der Waals surface area contributed by atoms with Gasteiger partial charge < -0.3 is 5.11 Å². The van der Waals surface area contributed by atoms with Crippen LogP contribution in [0.1, 0.15) is 41.0 Å². The Morgan fingerprint density at radius 3 is 1.70 bits per heavy atom. The van der Waals surface area contributed by atoms with Gasteiger partial charge in [0.1, 0.15) is 6.04 Å². The number of rotatable bonds is 4. The van der Waals surface area contributed by atoms with Gasteiger partial charge in [-0.05, 0) is 69.6 Å². The van der Waals surface area contributed by atoms with Crippen molar-refractivity contribution in [3.05, 3.63) is 29.0 Å². The first kappa shape index (κ1) is 19.1. The fraction of sp³-hybridized carbons (Fsp3) is 0.357.